The quantitative estimate of drug-likeness (QED) is 0.846. The van der Waals surface area contributed by atoms with E-state index >= 15 is 0 Å². The number of hydrogen-bond donors (Lipinski definition) is 2. The standard InChI is InChI=1S/C10H12N4OS/c1-6-9(7(2)14-13-6)10(15)12-5-8-11-3-4-16-8/h3-4H,5H2,1-2H3,(H,12,15)(H,13,14). The lowest BCUT2D eigenvalue weighted by Crippen LogP contribution is -2.23. The second kappa shape index (κ2) is 4.44. The minimum atomic E-state index is -0.112. The van der Waals surface area contributed by atoms with Crippen LogP contribution in [0.4, 0.5) is 0 Å². The van der Waals surface area contributed by atoms with Crippen LogP contribution in [0, 0.1) is 13.8 Å². The number of carbonyl (C=O) groups is 1. The SMILES string of the molecule is Cc1n[nH]c(C)c1C(=O)NCc1nccs1. The maximum atomic E-state index is 11.8. The monoisotopic (exact) mass is 236 g/mol. The van der Waals surface area contributed by atoms with E-state index in [-0.39, 0.29) is 5.91 Å². The highest BCUT2D eigenvalue weighted by atomic mass is 32.1. The third-order valence-electron chi connectivity index (χ3n) is 2.24. The molecule has 84 valence electrons. The lowest BCUT2D eigenvalue weighted by molar-refractivity contribution is 0.0949. The van der Waals surface area contributed by atoms with Crippen LogP contribution < -0.4 is 5.32 Å². The van der Waals surface area contributed by atoms with Crippen LogP contribution in [0.15, 0.2) is 11.6 Å². The number of amides is 1. The van der Waals surface area contributed by atoms with Crippen LogP contribution in [0.3, 0.4) is 0 Å². The predicted molar refractivity (Wildman–Crippen MR) is 61.3 cm³/mol. The van der Waals surface area contributed by atoms with Crippen LogP contribution in [0.25, 0.3) is 0 Å². The first-order chi connectivity index (χ1) is 7.68. The molecule has 2 rings (SSSR count). The van der Waals surface area contributed by atoms with E-state index < -0.39 is 0 Å². The van der Waals surface area contributed by atoms with Gasteiger partial charge in [-0.3, -0.25) is 9.89 Å². The molecule has 0 aliphatic heterocycles. The molecular formula is C10H12N4OS. The third kappa shape index (κ3) is 2.11. The average Bonchev–Trinajstić information content (AvgIpc) is 2.86. The molecule has 6 heteroatoms. The molecule has 0 aromatic carbocycles. The summed E-state index contributed by atoms with van der Waals surface area (Å²) in [4.78, 5) is 15.9. The molecule has 2 aromatic heterocycles. The Morgan fingerprint density at radius 1 is 1.56 bits per heavy atom. The predicted octanol–water partition coefficient (Wildman–Crippen LogP) is 1.41. The number of aryl methyl sites for hydroxylation is 2. The van der Waals surface area contributed by atoms with Gasteiger partial charge >= 0.3 is 0 Å². The minimum absolute atomic E-state index is 0.112. The van der Waals surface area contributed by atoms with Crippen LogP contribution in [-0.2, 0) is 6.54 Å². The molecule has 0 bridgehead atoms. The van der Waals surface area contributed by atoms with E-state index in [4.69, 9.17) is 0 Å². The van der Waals surface area contributed by atoms with Gasteiger partial charge < -0.3 is 5.32 Å². The number of aromatic nitrogens is 3. The van der Waals surface area contributed by atoms with Gasteiger partial charge in [-0.05, 0) is 13.8 Å². The molecule has 0 radical (unpaired) electrons. The number of rotatable bonds is 3. The molecule has 1 amide bonds. The Morgan fingerprint density at radius 2 is 2.38 bits per heavy atom. The van der Waals surface area contributed by atoms with Gasteiger partial charge in [-0.25, -0.2) is 4.98 Å². The second-order valence-corrected chi connectivity index (χ2v) is 4.40. The summed E-state index contributed by atoms with van der Waals surface area (Å²) in [7, 11) is 0. The summed E-state index contributed by atoms with van der Waals surface area (Å²) < 4.78 is 0. The van der Waals surface area contributed by atoms with Crippen molar-refractivity contribution in [2.45, 2.75) is 20.4 Å². The second-order valence-electron chi connectivity index (χ2n) is 3.42. The Hall–Kier alpha value is -1.69. The first kappa shape index (κ1) is 10.8. The zero-order valence-electron chi connectivity index (χ0n) is 9.07. The zero-order chi connectivity index (χ0) is 11.5. The molecule has 0 saturated carbocycles. The van der Waals surface area contributed by atoms with Gasteiger partial charge in [0.2, 0.25) is 0 Å². The average molecular weight is 236 g/mol. The largest absolute Gasteiger partial charge is 0.345 e. The van der Waals surface area contributed by atoms with E-state index in [2.05, 4.69) is 20.5 Å². The summed E-state index contributed by atoms with van der Waals surface area (Å²) in [5.41, 5.74) is 2.12. The van der Waals surface area contributed by atoms with Crippen LogP contribution >= 0.6 is 11.3 Å². The fraction of sp³-hybridized carbons (Fsp3) is 0.300. The van der Waals surface area contributed by atoms with Crippen molar-refractivity contribution in [2.75, 3.05) is 0 Å². The summed E-state index contributed by atoms with van der Waals surface area (Å²) in [6.07, 6.45) is 1.72. The van der Waals surface area contributed by atoms with Gasteiger partial charge in [0.15, 0.2) is 0 Å². The molecular weight excluding hydrogens is 224 g/mol. The summed E-state index contributed by atoms with van der Waals surface area (Å²) in [6.45, 7) is 4.10. The van der Waals surface area contributed by atoms with E-state index in [1.54, 1.807) is 6.20 Å². The van der Waals surface area contributed by atoms with Gasteiger partial charge in [0.1, 0.15) is 5.01 Å². The maximum Gasteiger partial charge on any atom is 0.255 e. The fourth-order valence-corrected chi connectivity index (χ4v) is 2.03. The summed E-state index contributed by atoms with van der Waals surface area (Å²) in [5, 5.41) is 12.4. The molecule has 0 spiro atoms. The highest BCUT2D eigenvalue weighted by molar-refractivity contribution is 7.09. The molecule has 0 aliphatic carbocycles. The molecule has 0 fully saturated rings. The van der Waals surface area contributed by atoms with E-state index in [1.165, 1.54) is 11.3 Å². The molecule has 16 heavy (non-hydrogen) atoms. The Morgan fingerprint density at radius 3 is 2.94 bits per heavy atom. The van der Waals surface area contributed by atoms with Gasteiger partial charge in [-0.1, -0.05) is 0 Å². The highest BCUT2D eigenvalue weighted by Gasteiger charge is 2.14. The number of thiazole rings is 1. The van der Waals surface area contributed by atoms with Crippen molar-refractivity contribution in [3.8, 4) is 0 Å². The van der Waals surface area contributed by atoms with Crippen molar-refractivity contribution in [2.24, 2.45) is 0 Å². The van der Waals surface area contributed by atoms with E-state index in [9.17, 15) is 4.79 Å². The van der Waals surface area contributed by atoms with Gasteiger partial charge in [0, 0.05) is 17.3 Å². The Bertz CT molecular complexity index is 469. The molecule has 2 aromatic rings. The summed E-state index contributed by atoms with van der Waals surface area (Å²) in [5.74, 6) is -0.112. The number of nitrogens with one attached hydrogen (secondary N) is 2. The lowest BCUT2D eigenvalue weighted by atomic mass is 10.2. The van der Waals surface area contributed by atoms with E-state index in [0.29, 0.717) is 17.8 Å². The van der Waals surface area contributed by atoms with Crippen LogP contribution in [0.5, 0.6) is 0 Å². The molecule has 0 atom stereocenters. The van der Waals surface area contributed by atoms with Crippen LogP contribution in [0.2, 0.25) is 0 Å². The Kier molecular flexibility index (Phi) is 3.00. The fourth-order valence-electron chi connectivity index (χ4n) is 1.47. The first-order valence-electron chi connectivity index (χ1n) is 4.86. The first-order valence-corrected chi connectivity index (χ1v) is 5.74. The Labute approximate surface area is 96.9 Å². The number of hydrogen-bond acceptors (Lipinski definition) is 4. The maximum absolute atomic E-state index is 11.8. The van der Waals surface area contributed by atoms with Crippen molar-refractivity contribution >= 4 is 17.2 Å². The van der Waals surface area contributed by atoms with Gasteiger partial charge in [-0.2, -0.15) is 5.10 Å². The van der Waals surface area contributed by atoms with Gasteiger partial charge in [-0.15, -0.1) is 11.3 Å². The zero-order valence-corrected chi connectivity index (χ0v) is 9.89. The topological polar surface area (TPSA) is 70.7 Å². The summed E-state index contributed by atoms with van der Waals surface area (Å²) >= 11 is 1.52. The number of nitrogens with zero attached hydrogens (tertiary/aromatic N) is 2. The molecule has 0 unspecified atom stereocenters. The smallest absolute Gasteiger partial charge is 0.255 e. The molecule has 0 aliphatic rings. The summed E-state index contributed by atoms with van der Waals surface area (Å²) in [6, 6.07) is 0. The molecule has 2 heterocycles. The van der Waals surface area contributed by atoms with Gasteiger partial charge in [0.25, 0.3) is 5.91 Å². The third-order valence-corrected chi connectivity index (χ3v) is 3.02. The minimum Gasteiger partial charge on any atom is -0.345 e. The number of aromatic amines is 1. The number of carbonyl (C=O) groups excluding carboxylic acids is 1. The van der Waals surface area contributed by atoms with Crippen molar-refractivity contribution in [3.05, 3.63) is 33.5 Å². The van der Waals surface area contributed by atoms with E-state index in [0.717, 1.165) is 10.7 Å². The molecule has 2 N–H and O–H groups in total. The van der Waals surface area contributed by atoms with Crippen molar-refractivity contribution in [3.63, 3.8) is 0 Å². The van der Waals surface area contributed by atoms with Crippen molar-refractivity contribution in [1.29, 1.82) is 0 Å². The lowest BCUT2D eigenvalue weighted by Gasteiger charge is -2.02. The highest BCUT2D eigenvalue weighted by Crippen LogP contribution is 2.09. The number of H-pyrrole nitrogens is 1. The molecule has 0 saturated heterocycles. The Balaban J connectivity index is 2.04. The van der Waals surface area contributed by atoms with Crippen LogP contribution in [-0.4, -0.2) is 21.1 Å². The normalized spacial score (nSPS) is 10.4. The van der Waals surface area contributed by atoms with E-state index in [1.807, 2.05) is 19.2 Å². The molecule has 5 nitrogen and oxygen atoms in total. The van der Waals surface area contributed by atoms with Gasteiger partial charge in [0.05, 0.1) is 17.8 Å². The van der Waals surface area contributed by atoms with Crippen molar-refractivity contribution in [1.82, 2.24) is 20.5 Å². The van der Waals surface area contributed by atoms with Crippen LogP contribution in [0.1, 0.15) is 26.8 Å². The van der Waals surface area contributed by atoms with Crippen molar-refractivity contribution < 1.29 is 4.79 Å².